The Hall–Kier alpha value is -1.56. The number of nitrogens with zero attached hydrogens (tertiary/aromatic N) is 1. The topological polar surface area (TPSA) is 104 Å². The van der Waals surface area contributed by atoms with Gasteiger partial charge in [-0.05, 0) is 51.7 Å². The van der Waals surface area contributed by atoms with Crippen LogP contribution in [0.4, 0.5) is 26.3 Å². The van der Waals surface area contributed by atoms with Crippen molar-refractivity contribution in [2.24, 2.45) is 5.73 Å². The normalized spacial score (nSPS) is 19.2. The van der Waals surface area contributed by atoms with Crippen molar-refractivity contribution < 1.29 is 46.1 Å². The van der Waals surface area contributed by atoms with Crippen LogP contribution in [-0.4, -0.2) is 64.6 Å². The highest BCUT2D eigenvalue weighted by molar-refractivity contribution is 5.73. The van der Waals surface area contributed by atoms with Gasteiger partial charge in [-0.3, -0.25) is 4.90 Å². The van der Waals surface area contributed by atoms with E-state index in [9.17, 15) is 26.3 Å². The predicted octanol–water partition coefficient (Wildman–Crippen LogP) is 2.23. The molecule has 2 heterocycles. The lowest BCUT2D eigenvalue weighted by molar-refractivity contribution is -0.193. The second-order valence-corrected chi connectivity index (χ2v) is 5.56. The SMILES string of the molecule is NCCC12CCCN1CCC2.O=C(O)C(F)(F)F.O=C(O)C(F)(F)F. The van der Waals surface area contributed by atoms with Gasteiger partial charge >= 0.3 is 24.3 Å². The number of carboxylic acid groups (broad SMARTS) is 2. The third kappa shape index (κ3) is 7.90. The van der Waals surface area contributed by atoms with Crippen molar-refractivity contribution in [3.05, 3.63) is 0 Å². The fourth-order valence-corrected chi connectivity index (χ4v) is 2.90. The Morgan fingerprint density at radius 3 is 1.48 bits per heavy atom. The molecule has 0 saturated carbocycles. The van der Waals surface area contributed by atoms with Gasteiger partial charge in [-0.1, -0.05) is 0 Å². The molecule has 0 aromatic carbocycles. The van der Waals surface area contributed by atoms with Crippen LogP contribution >= 0.6 is 0 Å². The minimum Gasteiger partial charge on any atom is -0.475 e. The second kappa shape index (κ2) is 9.22. The van der Waals surface area contributed by atoms with Crippen LogP contribution in [-0.2, 0) is 9.59 Å². The van der Waals surface area contributed by atoms with Crippen LogP contribution in [0.15, 0.2) is 0 Å². The molecule has 12 heteroatoms. The summed E-state index contributed by atoms with van der Waals surface area (Å²) >= 11 is 0. The summed E-state index contributed by atoms with van der Waals surface area (Å²) in [6, 6.07) is 0. The minimum absolute atomic E-state index is 0.564. The summed E-state index contributed by atoms with van der Waals surface area (Å²) in [5.74, 6) is -5.51. The number of nitrogens with two attached hydrogens (primary N) is 1. The van der Waals surface area contributed by atoms with Crippen LogP contribution in [0.2, 0.25) is 0 Å². The molecule has 0 atom stereocenters. The number of alkyl halides is 6. The molecular formula is C13H20F6N2O4. The molecular weight excluding hydrogens is 362 g/mol. The first-order valence-corrected chi connectivity index (χ1v) is 7.31. The van der Waals surface area contributed by atoms with Gasteiger partial charge in [-0.15, -0.1) is 0 Å². The molecule has 0 spiro atoms. The molecule has 6 nitrogen and oxygen atoms in total. The van der Waals surface area contributed by atoms with E-state index in [1.54, 1.807) is 0 Å². The average Bonchev–Trinajstić information content (AvgIpc) is 2.97. The van der Waals surface area contributed by atoms with Crippen LogP contribution in [0.3, 0.4) is 0 Å². The van der Waals surface area contributed by atoms with Gasteiger partial charge in [-0.25, -0.2) is 9.59 Å². The van der Waals surface area contributed by atoms with Gasteiger partial charge in [0.15, 0.2) is 0 Å². The zero-order valence-electron chi connectivity index (χ0n) is 13.2. The van der Waals surface area contributed by atoms with Gasteiger partial charge in [0.05, 0.1) is 0 Å². The Bertz CT molecular complexity index is 419. The Kier molecular flexibility index (Phi) is 8.65. The van der Waals surface area contributed by atoms with Crippen LogP contribution in [0.5, 0.6) is 0 Å². The number of hydrogen-bond donors (Lipinski definition) is 3. The van der Waals surface area contributed by atoms with Crippen molar-refractivity contribution in [2.45, 2.75) is 50.0 Å². The maximum Gasteiger partial charge on any atom is 0.490 e. The predicted molar refractivity (Wildman–Crippen MR) is 73.8 cm³/mol. The van der Waals surface area contributed by atoms with Crippen LogP contribution in [0.1, 0.15) is 32.1 Å². The molecule has 25 heavy (non-hydrogen) atoms. The Morgan fingerprint density at radius 2 is 1.24 bits per heavy atom. The summed E-state index contributed by atoms with van der Waals surface area (Å²) in [6.07, 6.45) is -3.32. The number of carboxylic acids is 2. The van der Waals surface area contributed by atoms with Crippen molar-refractivity contribution >= 4 is 11.9 Å². The average molecular weight is 382 g/mol. The molecule has 148 valence electrons. The monoisotopic (exact) mass is 382 g/mol. The lowest BCUT2D eigenvalue weighted by Crippen LogP contribution is -2.39. The van der Waals surface area contributed by atoms with E-state index in [1.165, 1.54) is 45.2 Å². The molecule has 0 aromatic rings. The molecule has 0 aliphatic carbocycles. The molecule has 2 rings (SSSR count). The third-order valence-electron chi connectivity index (χ3n) is 3.91. The summed E-state index contributed by atoms with van der Waals surface area (Å²) in [4.78, 5) is 20.5. The second-order valence-electron chi connectivity index (χ2n) is 5.56. The van der Waals surface area contributed by atoms with E-state index in [-0.39, 0.29) is 0 Å². The van der Waals surface area contributed by atoms with Crippen molar-refractivity contribution in [3.63, 3.8) is 0 Å². The highest BCUT2D eigenvalue weighted by Crippen LogP contribution is 2.40. The van der Waals surface area contributed by atoms with Crippen molar-refractivity contribution in [3.8, 4) is 0 Å². The van der Waals surface area contributed by atoms with E-state index in [4.69, 9.17) is 25.5 Å². The first kappa shape index (κ1) is 23.4. The number of fused-ring (bicyclic) bond motifs is 1. The number of hydrogen-bond acceptors (Lipinski definition) is 4. The fraction of sp³-hybridized carbons (Fsp3) is 0.846. The van der Waals surface area contributed by atoms with Crippen LogP contribution in [0, 0.1) is 0 Å². The minimum atomic E-state index is -5.08. The summed E-state index contributed by atoms with van der Waals surface area (Å²) in [5, 5.41) is 14.2. The van der Waals surface area contributed by atoms with Gasteiger partial charge in [0.2, 0.25) is 0 Å². The van der Waals surface area contributed by atoms with E-state index in [0.29, 0.717) is 5.54 Å². The lowest BCUT2D eigenvalue weighted by atomic mass is 9.90. The van der Waals surface area contributed by atoms with Gasteiger partial charge in [0.1, 0.15) is 0 Å². The molecule has 0 aromatic heterocycles. The molecule has 2 fully saturated rings. The van der Waals surface area contributed by atoms with Gasteiger partial charge in [0, 0.05) is 5.54 Å². The number of aliphatic carboxylic acids is 2. The zero-order chi connectivity index (χ0) is 19.9. The third-order valence-corrected chi connectivity index (χ3v) is 3.91. The summed E-state index contributed by atoms with van der Waals surface area (Å²) in [6.45, 7) is 3.54. The van der Waals surface area contributed by atoms with Gasteiger partial charge in [-0.2, -0.15) is 26.3 Å². The largest absolute Gasteiger partial charge is 0.490 e. The number of halogens is 6. The quantitative estimate of drug-likeness (QED) is 0.633. The molecule has 0 unspecified atom stereocenters. The zero-order valence-corrected chi connectivity index (χ0v) is 13.2. The highest BCUT2D eigenvalue weighted by Gasteiger charge is 2.43. The van der Waals surface area contributed by atoms with Crippen molar-refractivity contribution in [1.29, 1.82) is 0 Å². The maximum atomic E-state index is 10.6. The van der Waals surface area contributed by atoms with E-state index in [2.05, 4.69) is 4.90 Å². The standard InChI is InChI=1S/C9H18N2.2C2HF3O2/c10-6-5-9-3-1-7-11(9)8-2-4-9;2*3-2(4,5)1(6)7/h1-8,10H2;2*(H,6,7). The summed E-state index contributed by atoms with van der Waals surface area (Å²) in [7, 11) is 0. The van der Waals surface area contributed by atoms with Gasteiger partial charge < -0.3 is 15.9 Å². The molecule has 2 aliphatic heterocycles. The smallest absolute Gasteiger partial charge is 0.475 e. The maximum absolute atomic E-state index is 10.6. The molecule has 0 bridgehead atoms. The van der Waals surface area contributed by atoms with E-state index in [1.807, 2.05) is 0 Å². The molecule has 4 N–H and O–H groups in total. The molecule has 0 amide bonds. The first-order valence-electron chi connectivity index (χ1n) is 7.31. The Balaban J connectivity index is 0.000000366. The highest BCUT2D eigenvalue weighted by atomic mass is 19.4. The van der Waals surface area contributed by atoms with E-state index in [0.717, 1.165) is 6.54 Å². The first-order chi connectivity index (χ1) is 11.3. The number of rotatable bonds is 2. The Morgan fingerprint density at radius 1 is 0.920 bits per heavy atom. The number of carbonyl (C=O) groups is 2. The Labute approximate surface area is 139 Å². The fourth-order valence-electron chi connectivity index (χ4n) is 2.90. The van der Waals surface area contributed by atoms with Crippen LogP contribution < -0.4 is 5.73 Å². The molecule has 2 saturated heterocycles. The summed E-state index contributed by atoms with van der Waals surface area (Å²) in [5.41, 5.74) is 6.20. The van der Waals surface area contributed by atoms with Crippen LogP contribution in [0.25, 0.3) is 0 Å². The van der Waals surface area contributed by atoms with Crippen molar-refractivity contribution in [2.75, 3.05) is 19.6 Å². The van der Waals surface area contributed by atoms with E-state index >= 15 is 0 Å². The van der Waals surface area contributed by atoms with Gasteiger partial charge in [0.25, 0.3) is 0 Å². The van der Waals surface area contributed by atoms with Crippen molar-refractivity contribution in [1.82, 2.24) is 4.90 Å². The molecule has 0 radical (unpaired) electrons. The molecule has 2 aliphatic rings. The summed E-state index contributed by atoms with van der Waals surface area (Å²) < 4.78 is 63.5. The van der Waals surface area contributed by atoms with E-state index < -0.39 is 24.3 Å². The lowest BCUT2D eigenvalue weighted by Gasteiger charge is -2.31.